The standard InChI is InChI=1S/C8H16N2S2/c1-9-8(11)10-5-3-7(12-2)4-6-10/h7H,3-6H2,1-2H3,(H,9,11). The quantitative estimate of drug-likeness (QED) is 0.648. The van der Waals surface area contributed by atoms with Crippen LogP contribution in [0.15, 0.2) is 0 Å². The van der Waals surface area contributed by atoms with Crippen LogP contribution in [-0.2, 0) is 0 Å². The smallest absolute Gasteiger partial charge is 0.168 e. The minimum absolute atomic E-state index is 0.848. The summed E-state index contributed by atoms with van der Waals surface area (Å²) in [5, 5.41) is 4.76. The normalized spacial score (nSPS) is 19.3. The monoisotopic (exact) mass is 204 g/mol. The molecule has 1 fully saturated rings. The van der Waals surface area contributed by atoms with Crippen LogP contribution in [0.1, 0.15) is 12.8 Å². The maximum atomic E-state index is 5.16. The predicted octanol–water partition coefficient (Wildman–Crippen LogP) is 1.32. The molecular weight excluding hydrogens is 188 g/mol. The van der Waals surface area contributed by atoms with E-state index in [1.807, 2.05) is 18.8 Å². The summed E-state index contributed by atoms with van der Waals surface area (Å²) in [4.78, 5) is 2.25. The number of nitrogens with zero attached hydrogens (tertiary/aromatic N) is 1. The Balaban J connectivity index is 2.30. The fourth-order valence-electron chi connectivity index (χ4n) is 1.45. The molecular formula is C8H16N2S2. The van der Waals surface area contributed by atoms with Crippen molar-refractivity contribution < 1.29 is 0 Å². The maximum Gasteiger partial charge on any atom is 0.168 e. The molecule has 2 nitrogen and oxygen atoms in total. The molecule has 0 atom stereocenters. The Labute approximate surface area is 84.1 Å². The molecule has 1 N–H and O–H groups in total. The summed E-state index contributed by atoms with van der Waals surface area (Å²) in [7, 11) is 1.89. The van der Waals surface area contributed by atoms with Gasteiger partial charge in [0, 0.05) is 25.4 Å². The number of thiocarbonyl (C=S) groups is 1. The molecule has 0 aromatic heterocycles. The van der Waals surface area contributed by atoms with Gasteiger partial charge >= 0.3 is 0 Å². The second kappa shape index (κ2) is 4.92. The van der Waals surface area contributed by atoms with Gasteiger partial charge in [0.05, 0.1) is 0 Å². The summed E-state index contributed by atoms with van der Waals surface area (Å²) in [6, 6.07) is 0. The van der Waals surface area contributed by atoms with Gasteiger partial charge in [-0.2, -0.15) is 11.8 Å². The molecule has 0 unspecified atom stereocenters. The van der Waals surface area contributed by atoms with Gasteiger partial charge in [-0.3, -0.25) is 0 Å². The van der Waals surface area contributed by atoms with Crippen molar-refractivity contribution in [3.63, 3.8) is 0 Å². The first-order valence-electron chi connectivity index (χ1n) is 4.27. The first-order chi connectivity index (χ1) is 5.77. The van der Waals surface area contributed by atoms with Gasteiger partial charge in [0.25, 0.3) is 0 Å². The summed E-state index contributed by atoms with van der Waals surface area (Å²) in [6.07, 6.45) is 4.72. The SMILES string of the molecule is CNC(=S)N1CCC(SC)CC1. The van der Waals surface area contributed by atoms with E-state index in [1.165, 1.54) is 12.8 Å². The molecule has 1 saturated heterocycles. The molecule has 70 valence electrons. The topological polar surface area (TPSA) is 15.3 Å². The van der Waals surface area contributed by atoms with E-state index < -0.39 is 0 Å². The van der Waals surface area contributed by atoms with Gasteiger partial charge in [-0.15, -0.1) is 0 Å². The molecule has 0 spiro atoms. The highest BCUT2D eigenvalue weighted by Crippen LogP contribution is 2.20. The van der Waals surface area contributed by atoms with E-state index in [-0.39, 0.29) is 0 Å². The fourth-order valence-corrected chi connectivity index (χ4v) is 2.32. The molecule has 0 bridgehead atoms. The highest BCUT2D eigenvalue weighted by atomic mass is 32.2. The third-order valence-electron chi connectivity index (χ3n) is 2.28. The summed E-state index contributed by atoms with van der Waals surface area (Å²) >= 11 is 7.13. The highest BCUT2D eigenvalue weighted by molar-refractivity contribution is 7.99. The highest BCUT2D eigenvalue weighted by Gasteiger charge is 2.18. The van der Waals surface area contributed by atoms with Gasteiger partial charge in [-0.05, 0) is 31.3 Å². The average Bonchev–Trinajstić information content (AvgIpc) is 2.17. The van der Waals surface area contributed by atoms with Crippen molar-refractivity contribution in [2.75, 3.05) is 26.4 Å². The molecule has 0 aromatic carbocycles. The van der Waals surface area contributed by atoms with Crippen LogP contribution in [0, 0.1) is 0 Å². The first-order valence-corrected chi connectivity index (χ1v) is 5.97. The molecule has 1 rings (SSSR count). The van der Waals surface area contributed by atoms with Crippen LogP contribution in [0.4, 0.5) is 0 Å². The van der Waals surface area contributed by atoms with Gasteiger partial charge < -0.3 is 10.2 Å². The van der Waals surface area contributed by atoms with Crippen LogP contribution in [0.3, 0.4) is 0 Å². The minimum Gasteiger partial charge on any atom is -0.366 e. The van der Waals surface area contributed by atoms with Crippen molar-refractivity contribution in [2.45, 2.75) is 18.1 Å². The first kappa shape index (κ1) is 10.1. The lowest BCUT2D eigenvalue weighted by atomic mass is 10.1. The third-order valence-corrected chi connectivity index (χ3v) is 3.88. The van der Waals surface area contributed by atoms with E-state index in [0.717, 1.165) is 23.5 Å². The van der Waals surface area contributed by atoms with Gasteiger partial charge in [0.2, 0.25) is 0 Å². The number of piperidine rings is 1. The van der Waals surface area contributed by atoms with Crippen LogP contribution in [0.2, 0.25) is 0 Å². The van der Waals surface area contributed by atoms with Gasteiger partial charge in [0.1, 0.15) is 0 Å². The molecule has 1 heterocycles. The molecule has 0 radical (unpaired) electrons. The van der Waals surface area contributed by atoms with Crippen molar-refractivity contribution >= 4 is 29.1 Å². The second-order valence-electron chi connectivity index (χ2n) is 2.98. The minimum atomic E-state index is 0.848. The van der Waals surface area contributed by atoms with E-state index in [0.29, 0.717) is 0 Å². The summed E-state index contributed by atoms with van der Waals surface area (Å²) in [5.74, 6) is 0. The fraction of sp³-hybridized carbons (Fsp3) is 0.875. The Morgan fingerprint density at radius 2 is 2.08 bits per heavy atom. The number of hydrogen-bond donors (Lipinski definition) is 1. The molecule has 1 aliphatic rings. The summed E-state index contributed by atoms with van der Waals surface area (Å²) in [6.45, 7) is 2.23. The predicted molar refractivity (Wildman–Crippen MR) is 59.8 cm³/mol. The van der Waals surface area contributed by atoms with Gasteiger partial charge in [-0.1, -0.05) is 0 Å². The molecule has 0 aromatic rings. The van der Waals surface area contributed by atoms with Crippen LogP contribution in [-0.4, -0.2) is 41.7 Å². The van der Waals surface area contributed by atoms with E-state index in [9.17, 15) is 0 Å². The molecule has 4 heteroatoms. The zero-order chi connectivity index (χ0) is 8.97. The lowest BCUT2D eigenvalue weighted by Crippen LogP contribution is -2.43. The van der Waals surface area contributed by atoms with Crippen molar-refractivity contribution in [3.05, 3.63) is 0 Å². The van der Waals surface area contributed by atoms with E-state index in [4.69, 9.17) is 12.2 Å². The van der Waals surface area contributed by atoms with Crippen molar-refractivity contribution in [3.8, 4) is 0 Å². The largest absolute Gasteiger partial charge is 0.366 e. The number of rotatable bonds is 1. The molecule has 12 heavy (non-hydrogen) atoms. The summed E-state index contributed by atoms with van der Waals surface area (Å²) in [5.41, 5.74) is 0. The lowest BCUT2D eigenvalue weighted by molar-refractivity contribution is 0.346. The Kier molecular flexibility index (Phi) is 4.15. The van der Waals surface area contributed by atoms with Crippen molar-refractivity contribution in [1.82, 2.24) is 10.2 Å². The van der Waals surface area contributed by atoms with Crippen molar-refractivity contribution in [1.29, 1.82) is 0 Å². The van der Waals surface area contributed by atoms with Crippen LogP contribution >= 0.6 is 24.0 Å². The van der Waals surface area contributed by atoms with Crippen molar-refractivity contribution in [2.24, 2.45) is 0 Å². The maximum absolute atomic E-state index is 5.16. The zero-order valence-corrected chi connectivity index (χ0v) is 9.30. The van der Waals surface area contributed by atoms with E-state index in [2.05, 4.69) is 16.5 Å². The molecule has 0 amide bonds. The number of hydrogen-bond acceptors (Lipinski definition) is 2. The van der Waals surface area contributed by atoms with E-state index >= 15 is 0 Å². The van der Waals surface area contributed by atoms with Crippen LogP contribution < -0.4 is 5.32 Å². The lowest BCUT2D eigenvalue weighted by Gasteiger charge is -2.32. The Hall–Kier alpha value is 0.0400. The number of likely N-dealkylation sites (tertiary alicyclic amines) is 1. The van der Waals surface area contributed by atoms with Crippen LogP contribution in [0.25, 0.3) is 0 Å². The third kappa shape index (κ3) is 2.52. The number of thioether (sulfide) groups is 1. The second-order valence-corrected chi connectivity index (χ2v) is 4.50. The Bertz CT molecular complexity index is 153. The number of nitrogens with one attached hydrogen (secondary N) is 1. The Morgan fingerprint density at radius 1 is 1.50 bits per heavy atom. The van der Waals surface area contributed by atoms with E-state index in [1.54, 1.807) is 0 Å². The molecule has 0 aliphatic carbocycles. The zero-order valence-electron chi connectivity index (χ0n) is 7.67. The van der Waals surface area contributed by atoms with Crippen LogP contribution in [0.5, 0.6) is 0 Å². The average molecular weight is 204 g/mol. The molecule has 1 aliphatic heterocycles. The summed E-state index contributed by atoms with van der Waals surface area (Å²) < 4.78 is 0. The van der Waals surface area contributed by atoms with Gasteiger partial charge in [-0.25, -0.2) is 0 Å². The van der Waals surface area contributed by atoms with Gasteiger partial charge in [0.15, 0.2) is 5.11 Å². The molecule has 0 saturated carbocycles. The Morgan fingerprint density at radius 3 is 2.50 bits per heavy atom.